The molecule has 2 atom stereocenters. The molecule has 0 spiro atoms. The number of oxime groups is 1. The van der Waals surface area contributed by atoms with Crippen LogP contribution >= 0.6 is 11.5 Å². The van der Waals surface area contributed by atoms with E-state index in [2.05, 4.69) is 28.9 Å². The lowest BCUT2D eigenvalue weighted by molar-refractivity contribution is -0.156. The van der Waals surface area contributed by atoms with Gasteiger partial charge in [0.15, 0.2) is 16.6 Å². The predicted octanol–water partition coefficient (Wildman–Crippen LogP) is -0.877. The number of amides is 2. The van der Waals surface area contributed by atoms with Gasteiger partial charge in [-0.3, -0.25) is 14.5 Å². The molecule has 3 rings (SSSR count). The summed E-state index contributed by atoms with van der Waals surface area (Å²) in [5.74, 6) is -5.16. The number of nitrogens with zero attached hydrogens (tertiary/aromatic N) is 4. The number of β-lactam (4-membered cyclic amide) rings is 1. The molecule has 2 amide bonds. The Kier molecular flexibility index (Phi) is 6.20. The Bertz CT molecular complexity index is 1180. The lowest BCUT2D eigenvalue weighted by Gasteiger charge is -2.49. The van der Waals surface area contributed by atoms with Gasteiger partial charge in [0.2, 0.25) is 11.5 Å². The third kappa shape index (κ3) is 4.40. The van der Waals surface area contributed by atoms with Crippen LogP contribution in [0.3, 0.4) is 0 Å². The number of nitrogen functional groups attached to an aromatic ring is 1. The van der Waals surface area contributed by atoms with Gasteiger partial charge in [-0.25, -0.2) is 4.79 Å². The van der Waals surface area contributed by atoms with Crippen molar-refractivity contribution in [1.29, 1.82) is 0 Å². The molecule has 4 N–H and O–H groups in total. The second kappa shape index (κ2) is 8.46. The second-order valence-electron chi connectivity index (χ2n) is 6.40. The van der Waals surface area contributed by atoms with Crippen molar-refractivity contribution < 1.29 is 50.1 Å². The molecule has 0 saturated carbocycles. The highest BCUT2D eigenvalue weighted by molar-refractivity contribution is 7.87. The largest absolute Gasteiger partial charge is 0.534 e. The third-order valence-electron chi connectivity index (χ3n) is 4.43. The quantitative estimate of drug-likeness (QED) is 0.134. The van der Waals surface area contributed by atoms with Crippen molar-refractivity contribution in [3.05, 3.63) is 17.3 Å². The summed E-state index contributed by atoms with van der Waals surface area (Å²) in [4.78, 5) is 45.6. The van der Waals surface area contributed by atoms with Crippen LogP contribution in [0.5, 0.6) is 0 Å². The van der Waals surface area contributed by atoms with E-state index < -0.39 is 69.1 Å². The maximum absolute atomic E-state index is 12.6. The molecule has 1 aromatic rings. The Morgan fingerprint density at radius 2 is 2.06 bits per heavy atom. The standard InChI is InChI=1S/C14H13F3N6O8S2/c1-30-21-7(9-20-13(18)32-22-9)10(24)19-6-4-2-3-5(31-33(28,29)14(15,16)17)8(12(26)27)23(4)11(6)25/h4,6H,2-3H2,1H3,(H,19,24)(H,26,27)(H2,18,20,22)/t4-,6+/m1/s1. The molecule has 1 saturated heterocycles. The molecule has 0 unspecified atom stereocenters. The number of allylic oxidation sites excluding steroid dienone is 1. The van der Waals surface area contributed by atoms with Crippen molar-refractivity contribution in [2.45, 2.75) is 30.4 Å². The number of halogens is 3. The highest BCUT2D eigenvalue weighted by Gasteiger charge is 2.56. The molecule has 1 fully saturated rings. The number of rotatable bonds is 7. The van der Waals surface area contributed by atoms with Crippen LogP contribution in [0.1, 0.15) is 18.7 Å². The molecule has 180 valence electrons. The normalized spacial score (nSPS) is 21.3. The van der Waals surface area contributed by atoms with Crippen LogP contribution in [-0.4, -0.2) is 76.0 Å². The summed E-state index contributed by atoms with van der Waals surface area (Å²) >= 11 is 0.754. The zero-order valence-corrected chi connectivity index (χ0v) is 17.8. The van der Waals surface area contributed by atoms with E-state index in [4.69, 9.17) is 5.73 Å². The number of nitrogens with one attached hydrogen (secondary N) is 1. The molecular formula is C14H13F3N6O8S2. The van der Waals surface area contributed by atoms with Crippen molar-refractivity contribution in [2.24, 2.45) is 5.16 Å². The van der Waals surface area contributed by atoms with Gasteiger partial charge in [0.1, 0.15) is 13.2 Å². The van der Waals surface area contributed by atoms with Crippen LogP contribution in [0.25, 0.3) is 0 Å². The predicted molar refractivity (Wildman–Crippen MR) is 100 cm³/mol. The highest BCUT2D eigenvalue weighted by Crippen LogP contribution is 2.39. The summed E-state index contributed by atoms with van der Waals surface area (Å²) in [6, 6.07) is -2.31. The second-order valence-corrected chi connectivity index (χ2v) is 8.73. The van der Waals surface area contributed by atoms with Crippen molar-refractivity contribution in [3.8, 4) is 0 Å². The van der Waals surface area contributed by atoms with Gasteiger partial charge in [-0.05, 0) is 6.42 Å². The Hall–Kier alpha value is -3.48. The van der Waals surface area contributed by atoms with E-state index in [9.17, 15) is 41.1 Å². The maximum atomic E-state index is 12.6. The number of hydrogen-bond acceptors (Lipinski definition) is 12. The van der Waals surface area contributed by atoms with Crippen LogP contribution in [0.2, 0.25) is 0 Å². The third-order valence-corrected chi connectivity index (χ3v) is 5.96. The van der Waals surface area contributed by atoms with E-state index in [1.807, 2.05) is 0 Å². The van der Waals surface area contributed by atoms with Gasteiger partial charge in [0.05, 0.1) is 6.04 Å². The van der Waals surface area contributed by atoms with Gasteiger partial charge in [-0.2, -0.15) is 30.9 Å². The van der Waals surface area contributed by atoms with Crippen LogP contribution < -0.4 is 11.1 Å². The smallest absolute Gasteiger partial charge is 0.476 e. The Balaban J connectivity index is 1.83. The van der Waals surface area contributed by atoms with E-state index in [-0.39, 0.29) is 17.4 Å². The number of aliphatic carboxylic acids is 1. The van der Waals surface area contributed by atoms with E-state index in [0.717, 1.165) is 18.6 Å². The Morgan fingerprint density at radius 3 is 2.58 bits per heavy atom. The number of hydrogen-bond donors (Lipinski definition) is 3. The number of alkyl halides is 3. The van der Waals surface area contributed by atoms with Crippen molar-refractivity contribution in [2.75, 3.05) is 12.8 Å². The first-order chi connectivity index (χ1) is 15.3. The maximum Gasteiger partial charge on any atom is 0.534 e. The van der Waals surface area contributed by atoms with Crippen LogP contribution in [-0.2, 0) is 33.5 Å². The zero-order chi connectivity index (χ0) is 24.7. The fraction of sp³-hybridized carbons (Fsp3) is 0.429. The number of carboxylic acids is 1. The molecule has 0 radical (unpaired) electrons. The van der Waals surface area contributed by atoms with Crippen LogP contribution in [0.4, 0.5) is 18.3 Å². The van der Waals surface area contributed by atoms with E-state index in [1.54, 1.807) is 0 Å². The summed E-state index contributed by atoms with van der Waals surface area (Å²) in [5, 5.41) is 15.1. The van der Waals surface area contributed by atoms with Gasteiger partial charge in [-0.15, -0.1) is 0 Å². The number of carboxylic acid groups (broad SMARTS) is 1. The molecule has 19 heteroatoms. The van der Waals surface area contributed by atoms with Crippen molar-refractivity contribution in [3.63, 3.8) is 0 Å². The minimum atomic E-state index is -6.16. The minimum Gasteiger partial charge on any atom is -0.476 e. The summed E-state index contributed by atoms with van der Waals surface area (Å²) < 4.78 is 68.2. The fourth-order valence-electron chi connectivity index (χ4n) is 3.11. The van der Waals surface area contributed by atoms with Gasteiger partial charge in [-0.1, -0.05) is 5.16 Å². The highest BCUT2D eigenvalue weighted by atomic mass is 32.2. The van der Waals surface area contributed by atoms with Crippen LogP contribution in [0.15, 0.2) is 16.6 Å². The SMILES string of the molecule is CON=C(C(=O)N[C@@H]1C(=O)N2C(C(=O)O)=C(OS(=O)(=O)C(F)(F)F)CC[C@H]12)c1nsc(N)n1. The van der Waals surface area contributed by atoms with Gasteiger partial charge in [0.25, 0.3) is 11.8 Å². The minimum absolute atomic E-state index is 0.0114. The van der Waals surface area contributed by atoms with Gasteiger partial charge >= 0.3 is 21.6 Å². The number of carbonyl (C=O) groups excluding carboxylic acids is 2. The summed E-state index contributed by atoms with van der Waals surface area (Å²) in [7, 11) is -5.03. The Morgan fingerprint density at radius 1 is 1.39 bits per heavy atom. The number of carbonyl (C=O) groups is 3. The van der Waals surface area contributed by atoms with E-state index >= 15 is 0 Å². The fourth-order valence-corrected chi connectivity index (χ4v) is 4.06. The number of fused-ring (bicyclic) bond motifs is 1. The lowest BCUT2D eigenvalue weighted by atomic mass is 9.85. The first-order valence-corrected chi connectivity index (χ1v) is 10.8. The number of anilines is 1. The molecule has 0 aliphatic carbocycles. The number of nitrogens with two attached hydrogens (primary N) is 1. The molecule has 2 aliphatic rings. The Labute approximate surface area is 186 Å². The van der Waals surface area contributed by atoms with E-state index in [0.29, 0.717) is 4.90 Å². The lowest BCUT2D eigenvalue weighted by Crippen LogP contribution is -2.72. The average molecular weight is 514 g/mol. The summed E-state index contributed by atoms with van der Waals surface area (Å²) in [5.41, 5.74) is -1.86. The molecule has 0 bridgehead atoms. The van der Waals surface area contributed by atoms with E-state index in [1.165, 1.54) is 0 Å². The van der Waals surface area contributed by atoms with Crippen molar-refractivity contribution in [1.82, 2.24) is 19.6 Å². The average Bonchev–Trinajstić information content (AvgIpc) is 3.14. The molecule has 14 nitrogen and oxygen atoms in total. The summed E-state index contributed by atoms with van der Waals surface area (Å²) in [6.45, 7) is 0. The van der Waals surface area contributed by atoms with Gasteiger partial charge < -0.3 is 25.2 Å². The monoisotopic (exact) mass is 514 g/mol. The zero-order valence-electron chi connectivity index (χ0n) is 16.2. The molecule has 3 heterocycles. The van der Waals surface area contributed by atoms with Crippen molar-refractivity contribution >= 4 is 50.3 Å². The molecule has 0 aromatic carbocycles. The first-order valence-electron chi connectivity index (χ1n) is 8.60. The molecule has 33 heavy (non-hydrogen) atoms. The molecule has 2 aliphatic heterocycles. The molecule has 1 aromatic heterocycles. The van der Waals surface area contributed by atoms with Crippen LogP contribution in [0, 0.1) is 0 Å². The summed E-state index contributed by atoms with van der Waals surface area (Å²) in [6.07, 6.45) is -0.782. The van der Waals surface area contributed by atoms with Gasteiger partial charge in [0, 0.05) is 18.0 Å². The topological polar surface area (TPSA) is 203 Å². The molecular weight excluding hydrogens is 501 g/mol. The number of aromatic nitrogens is 2. The first kappa shape index (κ1) is 24.2.